The van der Waals surface area contributed by atoms with E-state index in [9.17, 15) is 0 Å². The lowest BCUT2D eigenvalue weighted by molar-refractivity contribution is 0.416. The molecule has 0 spiro atoms. The van der Waals surface area contributed by atoms with E-state index < -0.39 is 0 Å². The molecule has 0 fully saturated rings. The second kappa shape index (κ2) is 5.46. The smallest absolute Gasteiger partial charge is 0.143 e. The Morgan fingerprint density at radius 2 is 2.06 bits per heavy atom. The Morgan fingerprint density at radius 3 is 2.62 bits per heavy atom. The van der Waals surface area contributed by atoms with Crippen LogP contribution in [0.3, 0.4) is 0 Å². The third-order valence-corrected chi connectivity index (χ3v) is 2.34. The van der Waals surface area contributed by atoms with Crippen LogP contribution in [0.5, 0.6) is 0 Å². The topological polar surface area (TPSA) is 69.2 Å². The molecule has 1 aromatic rings. The molecule has 0 aliphatic carbocycles. The quantitative estimate of drug-likeness (QED) is 0.556. The number of nitrogens with one attached hydrogen (secondary N) is 1. The highest BCUT2D eigenvalue weighted by atomic mass is 15.2. The van der Waals surface area contributed by atoms with Crippen molar-refractivity contribution in [3.63, 3.8) is 0 Å². The van der Waals surface area contributed by atoms with Crippen molar-refractivity contribution >= 4 is 11.5 Å². The molecule has 0 radical (unpaired) electrons. The molecule has 0 atom stereocenters. The summed E-state index contributed by atoms with van der Waals surface area (Å²) < 4.78 is 0. The van der Waals surface area contributed by atoms with Gasteiger partial charge < -0.3 is 15.5 Å². The van der Waals surface area contributed by atoms with Crippen LogP contribution in [-0.2, 0) is 0 Å². The Hall–Kier alpha value is -1.62. The molecule has 3 N–H and O–H groups in total. The normalized spacial score (nSPS) is 10.5. The number of nitrogens with zero attached hydrogens (tertiary/aromatic N) is 3. The summed E-state index contributed by atoms with van der Waals surface area (Å²) in [5.41, 5.74) is 6.94. The Balaban J connectivity index is 2.82. The molecule has 16 heavy (non-hydrogen) atoms. The summed E-state index contributed by atoms with van der Waals surface area (Å²) in [6, 6.07) is 3.79. The molecule has 0 unspecified atom stereocenters. The third kappa shape index (κ3) is 3.20. The van der Waals surface area contributed by atoms with Crippen LogP contribution in [0.1, 0.15) is 5.69 Å². The first-order valence-electron chi connectivity index (χ1n) is 5.17. The van der Waals surface area contributed by atoms with Crippen molar-refractivity contribution in [1.82, 2.24) is 9.88 Å². The minimum absolute atomic E-state index is 0.00676. The van der Waals surface area contributed by atoms with Crippen LogP contribution < -0.4 is 10.6 Å². The fourth-order valence-electron chi connectivity index (χ4n) is 1.38. The monoisotopic (exact) mass is 221 g/mol. The zero-order chi connectivity index (χ0) is 12.1. The Morgan fingerprint density at radius 1 is 1.38 bits per heavy atom. The van der Waals surface area contributed by atoms with Crippen LogP contribution in [0.25, 0.3) is 0 Å². The van der Waals surface area contributed by atoms with E-state index >= 15 is 0 Å². The first-order valence-corrected chi connectivity index (χ1v) is 5.17. The minimum Gasteiger partial charge on any atom is -0.382 e. The molecule has 0 aliphatic heterocycles. The van der Waals surface area contributed by atoms with Gasteiger partial charge in [0.1, 0.15) is 11.5 Å². The highest BCUT2D eigenvalue weighted by Gasteiger charge is 2.10. The zero-order valence-electron chi connectivity index (χ0n) is 10.1. The second-order valence-electron chi connectivity index (χ2n) is 4.01. The van der Waals surface area contributed by atoms with E-state index in [0.717, 1.165) is 18.8 Å². The molecule has 5 nitrogen and oxygen atoms in total. The number of hydrogen-bond acceptors (Lipinski definition) is 4. The number of nitrogens with two attached hydrogens (primary N) is 1. The summed E-state index contributed by atoms with van der Waals surface area (Å²) in [5, 5.41) is 7.46. The van der Waals surface area contributed by atoms with E-state index in [-0.39, 0.29) is 5.84 Å². The summed E-state index contributed by atoms with van der Waals surface area (Å²) in [7, 11) is 6.04. The third-order valence-electron chi connectivity index (χ3n) is 2.34. The van der Waals surface area contributed by atoms with E-state index in [0.29, 0.717) is 5.69 Å². The number of likely N-dealkylation sites (N-methyl/N-ethyl adjacent to an activating group) is 2. The average Bonchev–Trinajstić information content (AvgIpc) is 2.25. The van der Waals surface area contributed by atoms with E-state index in [1.807, 2.05) is 33.3 Å². The van der Waals surface area contributed by atoms with Gasteiger partial charge in [0.2, 0.25) is 0 Å². The van der Waals surface area contributed by atoms with Crippen molar-refractivity contribution < 1.29 is 0 Å². The number of hydrogen-bond donors (Lipinski definition) is 2. The minimum atomic E-state index is 0.00676. The first kappa shape index (κ1) is 12.4. The Kier molecular flexibility index (Phi) is 4.25. The fraction of sp³-hybridized carbons (Fsp3) is 0.455. The fourth-order valence-corrected chi connectivity index (χ4v) is 1.38. The molecule has 0 aromatic carbocycles. The molecule has 0 saturated heterocycles. The van der Waals surface area contributed by atoms with Gasteiger partial charge in [-0.05, 0) is 26.2 Å². The summed E-state index contributed by atoms with van der Waals surface area (Å²) in [4.78, 5) is 8.29. The molecule has 1 rings (SSSR count). The van der Waals surface area contributed by atoms with Gasteiger partial charge in [0.15, 0.2) is 0 Å². The predicted molar refractivity (Wildman–Crippen MR) is 67.1 cm³/mol. The average molecular weight is 221 g/mol. The molecular formula is C11H19N5. The number of amidine groups is 1. The Labute approximate surface area is 96.4 Å². The van der Waals surface area contributed by atoms with E-state index in [4.69, 9.17) is 11.1 Å². The van der Waals surface area contributed by atoms with E-state index in [2.05, 4.69) is 14.8 Å². The number of nitrogen functional groups attached to an aromatic ring is 1. The lowest BCUT2D eigenvalue weighted by Gasteiger charge is -2.23. The van der Waals surface area contributed by atoms with Crippen LogP contribution in [-0.4, -0.2) is 50.0 Å². The van der Waals surface area contributed by atoms with Crippen molar-refractivity contribution in [2.45, 2.75) is 0 Å². The van der Waals surface area contributed by atoms with Crippen molar-refractivity contribution in [2.75, 3.05) is 39.1 Å². The van der Waals surface area contributed by atoms with Gasteiger partial charge in [-0.2, -0.15) is 0 Å². The predicted octanol–water partition coefficient (Wildman–Crippen LogP) is 0.363. The number of rotatable bonds is 5. The van der Waals surface area contributed by atoms with E-state index in [1.54, 1.807) is 6.20 Å². The van der Waals surface area contributed by atoms with Crippen molar-refractivity contribution in [2.24, 2.45) is 5.73 Å². The molecule has 0 saturated carbocycles. The van der Waals surface area contributed by atoms with Gasteiger partial charge in [0.25, 0.3) is 0 Å². The second-order valence-corrected chi connectivity index (χ2v) is 4.01. The molecular weight excluding hydrogens is 202 g/mol. The zero-order valence-corrected chi connectivity index (χ0v) is 10.1. The van der Waals surface area contributed by atoms with Crippen molar-refractivity contribution in [1.29, 1.82) is 5.41 Å². The van der Waals surface area contributed by atoms with Gasteiger partial charge in [-0.1, -0.05) is 0 Å². The van der Waals surface area contributed by atoms with Crippen molar-refractivity contribution in [3.8, 4) is 0 Å². The van der Waals surface area contributed by atoms with Gasteiger partial charge in [-0.15, -0.1) is 0 Å². The summed E-state index contributed by atoms with van der Waals surface area (Å²) in [5.74, 6) is 0.00676. The molecule has 1 aromatic heterocycles. The maximum absolute atomic E-state index is 7.46. The molecule has 1 heterocycles. The van der Waals surface area contributed by atoms with Gasteiger partial charge in [0.05, 0.1) is 5.69 Å². The molecule has 0 aliphatic rings. The number of pyridine rings is 1. The first-order chi connectivity index (χ1) is 7.52. The van der Waals surface area contributed by atoms with Crippen molar-refractivity contribution in [3.05, 3.63) is 24.0 Å². The molecule has 5 heteroatoms. The summed E-state index contributed by atoms with van der Waals surface area (Å²) >= 11 is 0. The highest BCUT2D eigenvalue weighted by molar-refractivity contribution is 5.98. The summed E-state index contributed by atoms with van der Waals surface area (Å²) in [6.45, 7) is 1.82. The highest BCUT2D eigenvalue weighted by Crippen LogP contribution is 2.15. The number of anilines is 1. The van der Waals surface area contributed by atoms with Gasteiger partial charge >= 0.3 is 0 Å². The van der Waals surface area contributed by atoms with Crippen LogP contribution in [0.4, 0.5) is 5.69 Å². The largest absolute Gasteiger partial charge is 0.382 e. The van der Waals surface area contributed by atoms with Crippen LogP contribution in [0.15, 0.2) is 18.3 Å². The maximum Gasteiger partial charge on any atom is 0.143 e. The molecule has 0 amide bonds. The molecule has 88 valence electrons. The number of aromatic nitrogens is 1. The van der Waals surface area contributed by atoms with Crippen LogP contribution >= 0.6 is 0 Å². The van der Waals surface area contributed by atoms with E-state index in [1.165, 1.54) is 0 Å². The van der Waals surface area contributed by atoms with Gasteiger partial charge in [-0.3, -0.25) is 10.4 Å². The van der Waals surface area contributed by atoms with Gasteiger partial charge in [-0.25, -0.2) is 0 Å². The lowest BCUT2D eigenvalue weighted by Crippen LogP contribution is -2.30. The SMILES string of the molecule is CN(C)CCN(C)c1cccnc1C(=N)N. The Bertz CT molecular complexity index is 361. The van der Waals surface area contributed by atoms with Gasteiger partial charge in [0, 0.05) is 26.3 Å². The maximum atomic E-state index is 7.46. The standard InChI is InChI=1S/C11H19N5/c1-15(2)7-8-16(3)9-5-4-6-14-10(9)11(12)13/h4-6H,7-8H2,1-3H3,(H3,12,13). The molecule has 0 bridgehead atoms. The summed E-state index contributed by atoms with van der Waals surface area (Å²) in [6.07, 6.45) is 1.65. The van der Waals surface area contributed by atoms with Crippen LogP contribution in [0.2, 0.25) is 0 Å². The lowest BCUT2D eigenvalue weighted by atomic mass is 10.2. The van der Waals surface area contributed by atoms with Crippen LogP contribution in [0, 0.1) is 5.41 Å².